The molecule has 1 aromatic carbocycles. The highest BCUT2D eigenvalue weighted by atomic mass is 79.9. The van der Waals surface area contributed by atoms with Gasteiger partial charge < -0.3 is 10.0 Å². The molecule has 0 saturated heterocycles. The van der Waals surface area contributed by atoms with Crippen LogP contribution in [-0.4, -0.2) is 18.2 Å². The second kappa shape index (κ2) is 5.52. The maximum Gasteiger partial charge on any atom is 0.0762 e. The predicted molar refractivity (Wildman–Crippen MR) is 68.3 cm³/mol. The molecule has 0 heterocycles. The van der Waals surface area contributed by atoms with E-state index in [1.54, 1.807) is 6.92 Å². The summed E-state index contributed by atoms with van der Waals surface area (Å²) in [6, 6.07) is 6.01. The molecule has 0 amide bonds. The average molecular weight is 272 g/mol. The molecule has 15 heavy (non-hydrogen) atoms. The van der Waals surface area contributed by atoms with Crippen LogP contribution in [-0.2, 0) is 0 Å². The quantitative estimate of drug-likeness (QED) is 0.908. The molecule has 0 spiro atoms. The minimum absolute atomic E-state index is 0.410. The topological polar surface area (TPSA) is 23.5 Å². The van der Waals surface area contributed by atoms with E-state index in [4.69, 9.17) is 0 Å². The van der Waals surface area contributed by atoms with E-state index in [9.17, 15) is 5.11 Å². The van der Waals surface area contributed by atoms with Gasteiger partial charge in [0.05, 0.1) is 11.8 Å². The molecule has 3 heteroatoms. The number of nitrogens with zero attached hydrogens (tertiary/aromatic N) is 1. The zero-order valence-electron chi connectivity index (χ0n) is 9.50. The Balaban J connectivity index is 3.02. The van der Waals surface area contributed by atoms with Crippen LogP contribution in [0.5, 0.6) is 0 Å². The third kappa shape index (κ3) is 2.95. The predicted octanol–water partition coefficient (Wildman–Crippen LogP) is 3.35. The number of aliphatic hydroxyl groups is 1. The maximum atomic E-state index is 9.46. The van der Waals surface area contributed by atoms with Gasteiger partial charge in [0, 0.05) is 17.6 Å². The van der Waals surface area contributed by atoms with E-state index in [0.29, 0.717) is 0 Å². The molecule has 0 bridgehead atoms. The zero-order chi connectivity index (χ0) is 11.4. The Morgan fingerprint density at radius 3 is 2.33 bits per heavy atom. The molecule has 1 aromatic rings. The Morgan fingerprint density at radius 2 is 1.93 bits per heavy atom. The van der Waals surface area contributed by atoms with E-state index in [-0.39, 0.29) is 0 Å². The van der Waals surface area contributed by atoms with Gasteiger partial charge in [-0.3, -0.25) is 0 Å². The third-order valence-corrected chi connectivity index (χ3v) is 3.19. The number of hydrogen-bond acceptors (Lipinski definition) is 2. The first-order chi connectivity index (χ1) is 7.10. The molecular formula is C12H18BrNO. The Bertz CT molecular complexity index is 321. The Kier molecular flexibility index (Phi) is 4.61. The highest BCUT2D eigenvalue weighted by Gasteiger charge is 2.08. The average Bonchev–Trinajstić information content (AvgIpc) is 2.21. The molecule has 0 radical (unpaired) electrons. The Morgan fingerprint density at radius 1 is 1.33 bits per heavy atom. The molecule has 0 saturated carbocycles. The van der Waals surface area contributed by atoms with Crippen molar-refractivity contribution in [2.45, 2.75) is 26.9 Å². The van der Waals surface area contributed by atoms with Crippen LogP contribution in [0.25, 0.3) is 0 Å². The normalized spacial score (nSPS) is 12.6. The van der Waals surface area contributed by atoms with Crippen LogP contribution in [0.15, 0.2) is 22.7 Å². The van der Waals surface area contributed by atoms with Gasteiger partial charge in [0.15, 0.2) is 0 Å². The monoisotopic (exact) mass is 271 g/mol. The van der Waals surface area contributed by atoms with E-state index in [1.807, 2.05) is 12.1 Å². The summed E-state index contributed by atoms with van der Waals surface area (Å²) in [5.74, 6) is 0. The molecule has 84 valence electrons. The summed E-state index contributed by atoms with van der Waals surface area (Å²) < 4.78 is 1.05. The van der Waals surface area contributed by atoms with E-state index in [1.165, 1.54) is 5.69 Å². The zero-order valence-corrected chi connectivity index (χ0v) is 11.1. The van der Waals surface area contributed by atoms with Crippen molar-refractivity contribution < 1.29 is 5.11 Å². The number of aliphatic hydroxyl groups excluding tert-OH is 1. The van der Waals surface area contributed by atoms with Crippen LogP contribution in [0, 0.1) is 0 Å². The van der Waals surface area contributed by atoms with Crippen molar-refractivity contribution in [3.8, 4) is 0 Å². The number of hydrogen-bond donors (Lipinski definition) is 1. The fourth-order valence-electron chi connectivity index (χ4n) is 1.60. The minimum Gasteiger partial charge on any atom is -0.389 e. The molecule has 0 aliphatic carbocycles. The summed E-state index contributed by atoms with van der Waals surface area (Å²) in [6.07, 6.45) is -0.410. The second-order valence-electron chi connectivity index (χ2n) is 3.56. The molecule has 0 aromatic heterocycles. The van der Waals surface area contributed by atoms with Gasteiger partial charge in [-0.15, -0.1) is 0 Å². The number of anilines is 1. The molecular weight excluding hydrogens is 254 g/mol. The Hall–Kier alpha value is -0.540. The van der Waals surface area contributed by atoms with Gasteiger partial charge in [0.1, 0.15) is 0 Å². The summed E-state index contributed by atoms with van der Waals surface area (Å²) in [5.41, 5.74) is 2.13. The fourth-order valence-corrected chi connectivity index (χ4v) is 2.25. The smallest absolute Gasteiger partial charge is 0.0762 e. The van der Waals surface area contributed by atoms with E-state index in [2.05, 4.69) is 40.7 Å². The molecule has 1 N–H and O–H groups in total. The summed E-state index contributed by atoms with van der Waals surface area (Å²) >= 11 is 3.54. The summed E-state index contributed by atoms with van der Waals surface area (Å²) in [6.45, 7) is 8.03. The lowest BCUT2D eigenvalue weighted by atomic mass is 10.1. The first-order valence-corrected chi connectivity index (χ1v) is 6.11. The van der Waals surface area contributed by atoms with Crippen LogP contribution in [0.3, 0.4) is 0 Å². The highest BCUT2D eigenvalue weighted by Crippen LogP contribution is 2.29. The highest BCUT2D eigenvalue weighted by molar-refractivity contribution is 9.10. The van der Waals surface area contributed by atoms with E-state index in [0.717, 1.165) is 23.1 Å². The Labute approximate surface area is 100 Å². The molecule has 2 nitrogen and oxygen atoms in total. The van der Waals surface area contributed by atoms with Crippen LogP contribution in [0.1, 0.15) is 32.4 Å². The first kappa shape index (κ1) is 12.5. The molecule has 1 atom stereocenters. The van der Waals surface area contributed by atoms with E-state index >= 15 is 0 Å². The van der Waals surface area contributed by atoms with Crippen molar-refractivity contribution in [1.82, 2.24) is 0 Å². The lowest BCUT2D eigenvalue weighted by Crippen LogP contribution is -2.22. The van der Waals surface area contributed by atoms with Gasteiger partial charge in [-0.1, -0.05) is 6.07 Å². The molecule has 0 aliphatic rings. The summed E-state index contributed by atoms with van der Waals surface area (Å²) in [5, 5.41) is 9.46. The van der Waals surface area contributed by atoms with Gasteiger partial charge in [-0.25, -0.2) is 0 Å². The van der Waals surface area contributed by atoms with Crippen molar-refractivity contribution in [2.24, 2.45) is 0 Å². The van der Waals surface area contributed by atoms with Crippen LogP contribution < -0.4 is 4.90 Å². The van der Waals surface area contributed by atoms with Gasteiger partial charge in [0.25, 0.3) is 0 Å². The lowest BCUT2D eigenvalue weighted by molar-refractivity contribution is 0.199. The number of benzene rings is 1. The SMILES string of the molecule is CCN(CC)c1ccc([C@H](C)O)cc1Br. The van der Waals surface area contributed by atoms with Crippen molar-refractivity contribution in [3.63, 3.8) is 0 Å². The summed E-state index contributed by atoms with van der Waals surface area (Å²) in [4.78, 5) is 2.27. The van der Waals surface area contributed by atoms with Crippen molar-refractivity contribution in [2.75, 3.05) is 18.0 Å². The molecule has 0 unspecified atom stereocenters. The van der Waals surface area contributed by atoms with Crippen molar-refractivity contribution in [1.29, 1.82) is 0 Å². The van der Waals surface area contributed by atoms with Crippen molar-refractivity contribution in [3.05, 3.63) is 28.2 Å². The van der Waals surface area contributed by atoms with Gasteiger partial charge in [-0.2, -0.15) is 0 Å². The number of rotatable bonds is 4. The number of halogens is 1. The second-order valence-corrected chi connectivity index (χ2v) is 4.41. The van der Waals surface area contributed by atoms with Gasteiger partial charge in [-0.05, 0) is 54.4 Å². The first-order valence-electron chi connectivity index (χ1n) is 5.32. The van der Waals surface area contributed by atoms with Crippen LogP contribution in [0.4, 0.5) is 5.69 Å². The fraction of sp³-hybridized carbons (Fsp3) is 0.500. The molecule has 0 aliphatic heterocycles. The molecule has 0 fully saturated rings. The third-order valence-electron chi connectivity index (χ3n) is 2.56. The van der Waals surface area contributed by atoms with Gasteiger partial charge >= 0.3 is 0 Å². The molecule has 1 rings (SSSR count). The lowest BCUT2D eigenvalue weighted by Gasteiger charge is -2.23. The van der Waals surface area contributed by atoms with Crippen LogP contribution in [0.2, 0.25) is 0 Å². The van der Waals surface area contributed by atoms with Crippen LogP contribution >= 0.6 is 15.9 Å². The standard InChI is InChI=1S/C12H18BrNO/c1-4-14(5-2)12-7-6-10(9(3)15)8-11(12)13/h6-9,15H,4-5H2,1-3H3/t9-/m0/s1. The minimum atomic E-state index is -0.410. The largest absolute Gasteiger partial charge is 0.389 e. The van der Waals surface area contributed by atoms with Crippen molar-refractivity contribution >= 4 is 21.6 Å². The maximum absolute atomic E-state index is 9.46. The van der Waals surface area contributed by atoms with Gasteiger partial charge in [0.2, 0.25) is 0 Å². The summed E-state index contributed by atoms with van der Waals surface area (Å²) in [7, 11) is 0. The van der Waals surface area contributed by atoms with E-state index < -0.39 is 6.10 Å².